The van der Waals surface area contributed by atoms with Crippen molar-refractivity contribution < 1.29 is 23.5 Å². The van der Waals surface area contributed by atoms with E-state index in [0.717, 1.165) is 44.4 Å². The largest absolute Gasteiger partial charge is 0.494 e. The number of hydrogen-bond acceptors (Lipinski definition) is 7. The molecule has 1 aliphatic heterocycles. The van der Waals surface area contributed by atoms with Crippen molar-refractivity contribution in [2.24, 2.45) is 0 Å². The number of nitrogens with zero attached hydrogens (tertiary/aromatic N) is 3. The maximum atomic E-state index is 14.0. The monoisotopic (exact) mass is 489 g/mol. The fourth-order valence-corrected chi connectivity index (χ4v) is 3.45. The van der Waals surface area contributed by atoms with E-state index in [0.29, 0.717) is 17.7 Å². The molecule has 4 rings (SSSR count). The number of amides is 1. The zero-order valence-electron chi connectivity index (χ0n) is 18.8. The summed E-state index contributed by atoms with van der Waals surface area (Å²) in [5, 5.41) is 2.57. The lowest BCUT2D eigenvalue weighted by Gasteiger charge is -2.25. The number of carbonyl (C=O) groups excluding carboxylic acids is 2. The molecule has 1 saturated heterocycles. The molecule has 0 aliphatic carbocycles. The maximum Gasteiger partial charge on any atom is 0.211 e. The molecule has 0 unspecified atom stereocenters. The molecule has 2 aromatic heterocycles. The first-order valence-corrected chi connectivity index (χ1v) is 10.8. The van der Waals surface area contributed by atoms with Crippen molar-refractivity contribution >= 4 is 29.5 Å². The molecule has 11 heteroatoms. The average Bonchev–Trinajstić information content (AvgIpc) is 3.28. The third-order valence-electron chi connectivity index (χ3n) is 4.99. The molecule has 0 spiro atoms. The number of methoxy groups -OCH3 is 1. The summed E-state index contributed by atoms with van der Waals surface area (Å²) in [4.78, 5) is 35.8. The Labute approximate surface area is 201 Å². The Morgan fingerprint density at radius 2 is 2.03 bits per heavy atom. The van der Waals surface area contributed by atoms with Crippen molar-refractivity contribution in [2.45, 2.75) is 13.5 Å². The first-order valence-electron chi connectivity index (χ1n) is 10.5. The van der Waals surface area contributed by atoms with Gasteiger partial charge in [0.15, 0.2) is 17.3 Å². The van der Waals surface area contributed by atoms with Crippen LogP contribution in [0.4, 0.5) is 10.1 Å². The zero-order chi connectivity index (χ0) is 24.5. The molecule has 9 nitrogen and oxygen atoms in total. The molecule has 3 heterocycles. The third-order valence-corrected chi connectivity index (χ3v) is 5.31. The van der Waals surface area contributed by atoms with Gasteiger partial charge < -0.3 is 19.8 Å². The van der Waals surface area contributed by atoms with E-state index in [-0.39, 0.29) is 16.3 Å². The van der Waals surface area contributed by atoms with E-state index in [2.05, 4.69) is 25.2 Å². The Hall–Kier alpha value is -3.34. The first-order chi connectivity index (χ1) is 16.4. The van der Waals surface area contributed by atoms with Gasteiger partial charge in [0, 0.05) is 30.5 Å². The lowest BCUT2D eigenvalue weighted by atomic mass is 10.0. The van der Waals surface area contributed by atoms with Crippen LogP contribution in [0.25, 0.3) is 0 Å². The number of rotatable bonds is 7. The standard InChI is InChI=1S/C13H11ClFNO2.C10H14N4O2/c1-7-5-8(6-16-7)13(17)11-9(14)3-4-10(18-2)12(11)15;15-8-13-9-5-11-10(12-6-9)7-14-1-3-16-4-2-14/h3-6,16H,1-2H3;5-6,8H,1-4,7H2,(H,13,15). The Balaban J connectivity index is 0.000000192. The SMILES string of the molecule is COc1ccc(Cl)c(C(=O)c2c[nH]c(C)c2)c1F.O=CNc1cnc(CN2CCOCC2)nc1. The summed E-state index contributed by atoms with van der Waals surface area (Å²) >= 11 is 5.88. The van der Waals surface area contributed by atoms with Gasteiger partial charge >= 0.3 is 0 Å². The molecule has 0 atom stereocenters. The van der Waals surface area contributed by atoms with Crippen LogP contribution in [0.5, 0.6) is 5.75 Å². The highest BCUT2D eigenvalue weighted by Gasteiger charge is 2.21. The highest BCUT2D eigenvalue weighted by atomic mass is 35.5. The molecule has 34 heavy (non-hydrogen) atoms. The second-order valence-corrected chi connectivity index (χ2v) is 7.78. The lowest BCUT2D eigenvalue weighted by molar-refractivity contribution is -0.105. The Morgan fingerprint density at radius 1 is 1.32 bits per heavy atom. The van der Waals surface area contributed by atoms with Crippen molar-refractivity contribution in [1.29, 1.82) is 0 Å². The molecular formula is C23H25ClFN5O4. The second kappa shape index (κ2) is 12.2. The summed E-state index contributed by atoms with van der Waals surface area (Å²) in [6.45, 7) is 5.90. The van der Waals surface area contributed by atoms with Gasteiger partial charge in [-0.3, -0.25) is 14.5 Å². The van der Waals surface area contributed by atoms with Gasteiger partial charge in [-0.05, 0) is 25.1 Å². The normalized spacial score (nSPS) is 13.5. The van der Waals surface area contributed by atoms with Crippen LogP contribution in [0.15, 0.2) is 36.8 Å². The fourth-order valence-electron chi connectivity index (χ4n) is 3.22. The number of aryl methyl sites for hydroxylation is 1. The minimum absolute atomic E-state index is 0.00462. The molecule has 1 aromatic carbocycles. The van der Waals surface area contributed by atoms with Crippen LogP contribution in [0.1, 0.15) is 27.4 Å². The second-order valence-electron chi connectivity index (χ2n) is 7.38. The summed E-state index contributed by atoms with van der Waals surface area (Å²) in [7, 11) is 1.33. The molecule has 2 N–H and O–H groups in total. The van der Waals surface area contributed by atoms with Crippen molar-refractivity contribution in [3.8, 4) is 5.75 Å². The summed E-state index contributed by atoms with van der Waals surface area (Å²) in [5.41, 5.74) is 1.62. The summed E-state index contributed by atoms with van der Waals surface area (Å²) < 4.78 is 24.1. The number of anilines is 1. The fraction of sp³-hybridized carbons (Fsp3) is 0.304. The molecule has 0 bridgehead atoms. The molecule has 1 amide bonds. The summed E-state index contributed by atoms with van der Waals surface area (Å²) in [6.07, 6.45) is 5.35. The van der Waals surface area contributed by atoms with Crippen LogP contribution >= 0.6 is 11.6 Å². The van der Waals surface area contributed by atoms with Gasteiger partial charge in [-0.1, -0.05) is 11.6 Å². The third kappa shape index (κ3) is 6.60. The van der Waals surface area contributed by atoms with E-state index in [9.17, 15) is 14.0 Å². The van der Waals surface area contributed by atoms with E-state index in [4.69, 9.17) is 21.1 Å². The quantitative estimate of drug-likeness (QED) is 0.387. The smallest absolute Gasteiger partial charge is 0.211 e. The van der Waals surface area contributed by atoms with Crippen LogP contribution in [-0.2, 0) is 16.1 Å². The number of aromatic nitrogens is 3. The highest BCUT2D eigenvalue weighted by molar-refractivity contribution is 6.35. The predicted molar refractivity (Wildman–Crippen MR) is 125 cm³/mol. The number of ketones is 1. The van der Waals surface area contributed by atoms with Gasteiger partial charge in [0.1, 0.15) is 5.82 Å². The number of nitrogens with one attached hydrogen (secondary N) is 2. The number of halogens is 2. The molecule has 3 aromatic rings. The van der Waals surface area contributed by atoms with Crippen LogP contribution in [0, 0.1) is 12.7 Å². The van der Waals surface area contributed by atoms with Crippen LogP contribution in [0.3, 0.4) is 0 Å². The molecular weight excluding hydrogens is 465 g/mol. The van der Waals surface area contributed by atoms with Gasteiger partial charge in [0.25, 0.3) is 0 Å². The Kier molecular flexibility index (Phi) is 9.08. The van der Waals surface area contributed by atoms with Gasteiger partial charge in [0.2, 0.25) is 6.41 Å². The van der Waals surface area contributed by atoms with Gasteiger partial charge in [-0.2, -0.15) is 0 Å². The van der Waals surface area contributed by atoms with Crippen LogP contribution < -0.4 is 10.1 Å². The number of H-pyrrole nitrogens is 1. The summed E-state index contributed by atoms with van der Waals surface area (Å²) in [5.74, 6) is -0.456. The van der Waals surface area contributed by atoms with Crippen LogP contribution in [-0.4, -0.2) is 65.5 Å². The predicted octanol–water partition coefficient (Wildman–Crippen LogP) is 3.23. The van der Waals surface area contributed by atoms with Gasteiger partial charge in [0.05, 0.1) is 55.5 Å². The molecule has 0 saturated carbocycles. The lowest BCUT2D eigenvalue weighted by Crippen LogP contribution is -2.36. The van der Waals surface area contributed by atoms with E-state index in [1.807, 2.05) is 0 Å². The maximum absolute atomic E-state index is 14.0. The number of hydrogen-bond donors (Lipinski definition) is 2. The molecule has 1 aliphatic rings. The first kappa shape index (κ1) is 25.3. The number of morpholine rings is 1. The minimum Gasteiger partial charge on any atom is -0.494 e. The Bertz CT molecular complexity index is 1120. The summed E-state index contributed by atoms with van der Waals surface area (Å²) in [6, 6.07) is 4.46. The van der Waals surface area contributed by atoms with Crippen molar-refractivity contribution in [3.05, 3.63) is 70.3 Å². The van der Waals surface area contributed by atoms with Crippen molar-refractivity contribution in [1.82, 2.24) is 19.9 Å². The van der Waals surface area contributed by atoms with E-state index < -0.39 is 11.6 Å². The van der Waals surface area contributed by atoms with Gasteiger partial charge in [-0.15, -0.1) is 0 Å². The number of carbonyl (C=O) groups is 2. The average molecular weight is 490 g/mol. The Morgan fingerprint density at radius 3 is 2.62 bits per heavy atom. The topological polar surface area (TPSA) is 109 Å². The number of aromatic amines is 1. The molecule has 180 valence electrons. The molecule has 1 fully saturated rings. The van der Waals surface area contributed by atoms with E-state index in [1.54, 1.807) is 25.4 Å². The van der Waals surface area contributed by atoms with Crippen molar-refractivity contribution in [2.75, 3.05) is 38.7 Å². The number of ether oxygens (including phenoxy) is 2. The highest BCUT2D eigenvalue weighted by Crippen LogP contribution is 2.29. The van der Waals surface area contributed by atoms with E-state index >= 15 is 0 Å². The number of benzene rings is 1. The van der Waals surface area contributed by atoms with Crippen LogP contribution in [0.2, 0.25) is 5.02 Å². The molecule has 0 radical (unpaired) electrons. The van der Waals surface area contributed by atoms with Gasteiger partial charge in [-0.25, -0.2) is 14.4 Å². The van der Waals surface area contributed by atoms with E-state index in [1.165, 1.54) is 25.4 Å². The zero-order valence-corrected chi connectivity index (χ0v) is 19.6. The van der Waals surface area contributed by atoms with Crippen molar-refractivity contribution in [3.63, 3.8) is 0 Å². The minimum atomic E-state index is -0.742.